The van der Waals surface area contributed by atoms with Crippen LogP contribution in [0.4, 0.5) is 11.6 Å². The van der Waals surface area contributed by atoms with Gasteiger partial charge in [0.25, 0.3) is 0 Å². The van der Waals surface area contributed by atoms with Crippen LogP contribution >= 0.6 is 0 Å². The van der Waals surface area contributed by atoms with Gasteiger partial charge in [-0.3, -0.25) is 0 Å². The van der Waals surface area contributed by atoms with Crippen LogP contribution in [0.25, 0.3) is 0 Å². The van der Waals surface area contributed by atoms with Crippen LogP contribution in [0.1, 0.15) is 26.7 Å². The van der Waals surface area contributed by atoms with E-state index in [1.807, 2.05) is 6.07 Å². The summed E-state index contributed by atoms with van der Waals surface area (Å²) in [7, 11) is 0. The van der Waals surface area contributed by atoms with Crippen LogP contribution in [0, 0.1) is 5.41 Å². The van der Waals surface area contributed by atoms with Gasteiger partial charge in [0.2, 0.25) is 0 Å². The highest BCUT2D eigenvalue weighted by Gasteiger charge is 2.27. The molecule has 1 fully saturated rings. The van der Waals surface area contributed by atoms with Crippen molar-refractivity contribution in [1.29, 1.82) is 0 Å². The van der Waals surface area contributed by atoms with Crippen LogP contribution in [0.5, 0.6) is 0 Å². The molecule has 1 aliphatic heterocycles. The minimum atomic E-state index is 0.307. The minimum absolute atomic E-state index is 0.307. The molecule has 0 bridgehead atoms. The Balaban J connectivity index is 1.90. The molecule has 0 unspecified atom stereocenters. The number of aromatic nitrogens is 2. The summed E-state index contributed by atoms with van der Waals surface area (Å²) in [5.74, 6) is 1.75. The third-order valence-electron chi connectivity index (χ3n) is 3.42. The summed E-state index contributed by atoms with van der Waals surface area (Å²) in [5.41, 5.74) is 0.307. The predicted molar refractivity (Wildman–Crippen MR) is 72.8 cm³/mol. The first kappa shape index (κ1) is 13.1. The number of anilines is 2. The Morgan fingerprint density at radius 1 is 1.22 bits per heavy atom. The van der Waals surface area contributed by atoms with Crippen molar-refractivity contribution in [3.05, 3.63) is 12.4 Å². The van der Waals surface area contributed by atoms with Crippen molar-refractivity contribution in [3.63, 3.8) is 0 Å². The fourth-order valence-electron chi connectivity index (χ4n) is 2.08. The molecule has 0 aliphatic carbocycles. The largest absolute Gasteiger partial charge is 0.381 e. The highest BCUT2D eigenvalue weighted by molar-refractivity contribution is 5.46. The molecule has 0 spiro atoms. The van der Waals surface area contributed by atoms with E-state index in [0.29, 0.717) is 5.41 Å². The first-order valence-electron chi connectivity index (χ1n) is 6.59. The van der Waals surface area contributed by atoms with Crippen LogP contribution in [-0.4, -0.2) is 36.3 Å². The normalized spacial score (nSPS) is 18.3. The fraction of sp³-hybridized carbons (Fsp3) is 0.692. The molecule has 0 radical (unpaired) electrons. The van der Waals surface area contributed by atoms with E-state index in [9.17, 15) is 0 Å². The maximum absolute atomic E-state index is 5.40. The molecule has 2 N–H and O–H groups in total. The molecule has 18 heavy (non-hydrogen) atoms. The molecule has 1 aromatic heterocycles. The van der Waals surface area contributed by atoms with Gasteiger partial charge in [0.05, 0.1) is 0 Å². The van der Waals surface area contributed by atoms with E-state index in [1.54, 1.807) is 6.33 Å². The summed E-state index contributed by atoms with van der Waals surface area (Å²) in [4.78, 5) is 8.40. The fourth-order valence-corrected chi connectivity index (χ4v) is 2.08. The zero-order valence-corrected chi connectivity index (χ0v) is 11.2. The molecule has 0 saturated carbocycles. The van der Waals surface area contributed by atoms with Crippen molar-refractivity contribution in [1.82, 2.24) is 9.97 Å². The average molecular weight is 250 g/mol. The highest BCUT2D eigenvalue weighted by Crippen LogP contribution is 2.29. The Kier molecular flexibility index (Phi) is 4.36. The molecule has 2 heterocycles. The maximum Gasteiger partial charge on any atom is 0.131 e. The van der Waals surface area contributed by atoms with E-state index in [4.69, 9.17) is 4.74 Å². The molecule has 2 rings (SSSR count). The SMILES string of the molecule is CCNc1cc(NCC2(C)CCOCC2)ncn1. The van der Waals surface area contributed by atoms with Gasteiger partial charge in [0.1, 0.15) is 18.0 Å². The molecular weight excluding hydrogens is 228 g/mol. The van der Waals surface area contributed by atoms with Crippen molar-refractivity contribution >= 4 is 11.6 Å². The number of hydrogen-bond acceptors (Lipinski definition) is 5. The van der Waals surface area contributed by atoms with Crippen LogP contribution in [0.15, 0.2) is 12.4 Å². The smallest absolute Gasteiger partial charge is 0.131 e. The van der Waals surface area contributed by atoms with Crippen LogP contribution in [0.2, 0.25) is 0 Å². The van der Waals surface area contributed by atoms with Gasteiger partial charge in [0.15, 0.2) is 0 Å². The lowest BCUT2D eigenvalue weighted by Crippen LogP contribution is -2.33. The van der Waals surface area contributed by atoms with Gasteiger partial charge in [0, 0.05) is 32.4 Å². The Bertz CT molecular complexity index is 377. The van der Waals surface area contributed by atoms with Gasteiger partial charge in [-0.15, -0.1) is 0 Å². The van der Waals surface area contributed by atoms with Crippen LogP contribution in [-0.2, 0) is 4.74 Å². The Morgan fingerprint density at radius 3 is 2.56 bits per heavy atom. The van der Waals surface area contributed by atoms with E-state index < -0.39 is 0 Å². The first-order valence-corrected chi connectivity index (χ1v) is 6.59. The molecule has 0 aromatic carbocycles. The van der Waals surface area contributed by atoms with E-state index in [1.165, 1.54) is 0 Å². The number of nitrogens with one attached hydrogen (secondary N) is 2. The van der Waals surface area contributed by atoms with Crippen LogP contribution < -0.4 is 10.6 Å². The van der Waals surface area contributed by atoms with Crippen molar-refractivity contribution in [2.24, 2.45) is 5.41 Å². The number of hydrogen-bond donors (Lipinski definition) is 2. The topological polar surface area (TPSA) is 59.1 Å². The van der Waals surface area contributed by atoms with Gasteiger partial charge >= 0.3 is 0 Å². The molecule has 5 heteroatoms. The summed E-state index contributed by atoms with van der Waals surface area (Å²) < 4.78 is 5.40. The highest BCUT2D eigenvalue weighted by atomic mass is 16.5. The molecule has 100 valence electrons. The van der Waals surface area contributed by atoms with Gasteiger partial charge in [-0.2, -0.15) is 0 Å². The predicted octanol–water partition coefficient (Wildman–Crippen LogP) is 2.14. The van der Waals surface area contributed by atoms with E-state index in [-0.39, 0.29) is 0 Å². The zero-order chi connectivity index (χ0) is 12.8. The quantitative estimate of drug-likeness (QED) is 0.838. The first-order chi connectivity index (χ1) is 8.72. The molecular formula is C13H22N4O. The summed E-state index contributed by atoms with van der Waals surface area (Å²) in [5, 5.41) is 6.59. The number of nitrogens with zero attached hydrogens (tertiary/aromatic N) is 2. The Hall–Kier alpha value is -1.36. The maximum atomic E-state index is 5.40. The second-order valence-electron chi connectivity index (χ2n) is 5.10. The van der Waals surface area contributed by atoms with Gasteiger partial charge in [-0.1, -0.05) is 6.92 Å². The third-order valence-corrected chi connectivity index (χ3v) is 3.42. The lowest BCUT2D eigenvalue weighted by molar-refractivity contribution is 0.0300. The van der Waals surface area contributed by atoms with Gasteiger partial charge in [-0.05, 0) is 25.2 Å². The molecule has 0 atom stereocenters. The van der Waals surface area contributed by atoms with Crippen molar-refractivity contribution in [2.75, 3.05) is 36.9 Å². The lowest BCUT2D eigenvalue weighted by Gasteiger charge is -2.33. The average Bonchev–Trinajstić information content (AvgIpc) is 2.38. The molecule has 1 aromatic rings. The second kappa shape index (κ2) is 6.00. The summed E-state index contributed by atoms with van der Waals surface area (Å²) in [6.07, 6.45) is 3.79. The number of rotatable bonds is 5. The second-order valence-corrected chi connectivity index (χ2v) is 5.10. The summed E-state index contributed by atoms with van der Waals surface area (Å²) in [6, 6.07) is 1.95. The third kappa shape index (κ3) is 3.57. The van der Waals surface area contributed by atoms with E-state index in [0.717, 1.165) is 50.8 Å². The molecule has 5 nitrogen and oxygen atoms in total. The van der Waals surface area contributed by atoms with Crippen molar-refractivity contribution in [2.45, 2.75) is 26.7 Å². The standard InChI is InChI=1S/C13H22N4O/c1-3-14-11-8-12(17-10-16-11)15-9-13(2)4-6-18-7-5-13/h8,10H,3-7,9H2,1-2H3,(H2,14,15,16,17). The number of ether oxygens (including phenoxy) is 1. The Labute approximate surface area is 108 Å². The van der Waals surface area contributed by atoms with E-state index in [2.05, 4.69) is 34.4 Å². The minimum Gasteiger partial charge on any atom is -0.381 e. The van der Waals surface area contributed by atoms with Crippen LogP contribution in [0.3, 0.4) is 0 Å². The zero-order valence-electron chi connectivity index (χ0n) is 11.2. The molecule has 0 amide bonds. The Morgan fingerprint density at radius 2 is 1.89 bits per heavy atom. The van der Waals surface area contributed by atoms with Crippen molar-refractivity contribution < 1.29 is 4.74 Å². The molecule has 1 saturated heterocycles. The van der Waals surface area contributed by atoms with Crippen molar-refractivity contribution in [3.8, 4) is 0 Å². The summed E-state index contributed by atoms with van der Waals surface area (Å²) >= 11 is 0. The van der Waals surface area contributed by atoms with Gasteiger partial charge in [-0.25, -0.2) is 9.97 Å². The van der Waals surface area contributed by atoms with E-state index >= 15 is 0 Å². The summed E-state index contributed by atoms with van der Waals surface area (Å²) in [6.45, 7) is 7.88. The monoisotopic (exact) mass is 250 g/mol. The van der Waals surface area contributed by atoms with Gasteiger partial charge < -0.3 is 15.4 Å². The molecule has 1 aliphatic rings. The lowest BCUT2D eigenvalue weighted by atomic mass is 9.82.